The summed E-state index contributed by atoms with van der Waals surface area (Å²) in [6, 6.07) is 9.93. The summed E-state index contributed by atoms with van der Waals surface area (Å²) in [5.41, 5.74) is 0.805. The van der Waals surface area contributed by atoms with E-state index < -0.39 is 17.6 Å². The number of urea groups is 1. The number of benzene rings is 2. The second-order valence-corrected chi connectivity index (χ2v) is 7.37. The maximum Gasteiger partial charge on any atom is 0.324 e. The monoisotopic (exact) mass is 438 g/mol. The van der Waals surface area contributed by atoms with E-state index in [0.29, 0.717) is 5.69 Å². The van der Waals surface area contributed by atoms with Crippen LogP contribution in [0.25, 0.3) is 0 Å². The molecule has 2 amide bonds. The number of rotatable bonds is 5. The third kappa shape index (κ3) is 4.63. The lowest BCUT2D eigenvalue weighted by atomic mass is 10.0. The van der Waals surface area contributed by atoms with Crippen LogP contribution in [0, 0.1) is 17.6 Å². The van der Waals surface area contributed by atoms with E-state index in [0.717, 1.165) is 16.6 Å². The molecular formula is C19H17BrF2N2O3. The Hall–Kier alpha value is -2.48. The van der Waals surface area contributed by atoms with Crippen molar-refractivity contribution in [3.05, 3.63) is 64.1 Å². The Labute approximate surface area is 163 Å². The SMILES string of the molecule is O=C(O)CC1CN(Cc2ccc(F)cc2F)C(=O)N(c2ccc(Br)cc2)C1. The van der Waals surface area contributed by atoms with Crippen LogP contribution in [0.1, 0.15) is 12.0 Å². The summed E-state index contributed by atoms with van der Waals surface area (Å²) in [5, 5.41) is 9.15. The molecule has 0 saturated carbocycles. The van der Waals surface area contributed by atoms with Crippen LogP contribution in [0.3, 0.4) is 0 Å². The molecule has 8 heteroatoms. The van der Waals surface area contributed by atoms with Crippen LogP contribution in [-0.4, -0.2) is 35.1 Å². The number of amides is 2. The number of carbonyl (C=O) groups excluding carboxylic acids is 1. The normalized spacial score (nSPS) is 17.3. The zero-order valence-electron chi connectivity index (χ0n) is 14.2. The molecule has 1 aliphatic rings. The molecule has 1 atom stereocenters. The number of hydrogen-bond acceptors (Lipinski definition) is 2. The molecule has 2 aromatic rings. The Bertz CT molecular complexity index is 861. The van der Waals surface area contributed by atoms with Crippen molar-refractivity contribution < 1.29 is 23.5 Å². The lowest BCUT2D eigenvalue weighted by molar-refractivity contribution is -0.138. The fraction of sp³-hybridized carbons (Fsp3) is 0.263. The van der Waals surface area contributed by atoms with E-state index in [1.54, 1.807) is 24.3 Å². The molecule has 27 heavy (non-hydrogen) atoms. The van der Waals surface area contributed by atoms with Crippen LogP contribution >= 0.6 is 15.9 Å². The van der Waals surface area contributed by atoms with E-state index in [2.05, 4.69) is 15.9 Å². The molecule has 1 heterocycles. The Kier molecular flexibility index (Phi) is 5.74. The van der Waals surface area contributed by atoms with Gasteiger partial charge in [-0.25, -0.2) is 13.6 Å². The summed E-state index contributed by atoms with van der Waals surface area (Å²) in [6.45, 7) is 0.387. The molecule has 1 fully saturated rings. The first kappa shape index (κ1) is 19.3. The second kappa shape index (κ2) is 8.04. The average Bonchev–Trinajstić information content (AvgIpc) is 2.60. The van der Waals surface area contributed by atoms with Crippen LogP contribution in [0.5, 0.6) is 0 Å². The van der Waals surface area contributed by atoms with Crippen molar-refractivity contribution in [3.63, 3.8) is 0 Å². The summed E-state index contributed by atoms with van der Waals surface area (Å²) in [6.07, 6.45) is -0.108. The van der Waals surface area contributed by atoms with Crippen LogP contribution in [0.4, 0.5) is 19.3 Å². The van der Waals surface area contributed by atoms with Crippen molar-refractivity contribution in [3.8, 4) is 0 Å². The van der Waals surface area contributed by atoms with Crippen molar-refractivity contribution in [1.82, 2.24) is 4.90 Å². The van der Waals surface area contributed by atoms with Crippen molar-refractivity contribution in [2.75, 3.05) is 18.0 Å². The van der Waals surface area contributed by atoms with Gasteiger partial charge in [0.1, 0.15) is 11.6 Å². The fourth-order valence-electron chi connectivity index (χ4n) is 3.16. The lowest BCUT2D eigenvalue weighted by Gasteiger charge is -2.40. The molecule has 0 bridgehead atoms. The number of nitrogens with zero attached hydrogens (tertiary/aromatic N) is 2. The lowest BCUT2D eigenvalue weighted by Crippen LogP contribution is -2.53. The molecular weight excluding hydrogens is 422 g/mol. The van der Waals surface area contributed by atoms with Gasteiger partial charge in [0, 0.05) is 40.8 Å². The van der Waals surface area contributed by atoms with Gasteiger partial charge < -0.3 is 10.0 Å². The van der Waals surface area contributed by atoms with Gasteiger partial charge in [0.2, 0.25) is 0 Å². The van der Waals surface area contributed by atoms with Gasteiger partial charge in [-0.15, -0.1) is 0 Å². The van der Waals surface area contributed by atoms with Crippen molar-refractivity contribution in [1.29, 1.82) is 0 Å². The summed E-state index contributed by atoms with van der Waals surface area (Å²) < 4.78 is 28.0. The number of halogens is 3. The molecule has 142 valence electrons. The first-order valence-electron chi connectivity index (χ1n) is 8.31. The smallest absolute Gasteiger partial charge is 0.324 e. The maximum absolute atomic E-state index is 14.0. The summed E-state index contributed by atoms with van der Waals surface area (Å²) >= 11 is 3.34. The minimum absolute atomic E-state index is 0.0614. The van der Waals surface area contributed by atoms with Gasteiger partial charge in [0.15, 0.2) is 0 Å². The van der Waals surface area contributed by atoms with E-state index in [4.69, 9.17) is 5.11 Å². The van der Waals surface area contributed by atoms with Gasteiger partial charge in [-0.1, -0.05) is 22.0 Å². The molecule has 1 N–H and O–H groups in total. The van der Waals surface area contributed by atoms with Gasteiger partial charge in [-0.2, -0.15) is 0 Å². The fourth-order valence-corrected chi connectivity index (χ4v) is 3.42. The molecule has 0 aromatic heterocycles. The van der Waals surface area contributed by atoms with Crippen LogP contribution in [0.2, 0.25) is 0 Å². The summed E-state index contributed by atoms with van der Waals surface area (Å²) in [7, 11) is 0. The quantitative estimate of drug-likeness (QED) is 0.758. The molecule has 1 unspecified atom stereocenters. The Morgan fingerprint density at radius 1 is 1.15 bits per heavy atom. The minimum Gasteiger partial charge on any atom is -0.481 e. The number of carboxylic acid groups (broad SMARTS) is 1. The zero-order valence-corrected chi connectivity index (χ0v) is 15.8. The third-order valence-electron chi connectivity index (χ3n) is 4.40. The topological polar surface area (TPSA) is 60.9 Å². The highest BCUT2D eigenvalue weighted by atomic mass is 79.9. The van der Waals surface area contributed by atoms with Gasteiger partial charge in [0.25, 0.3) is 0 Å². The largest absolute Gasteiger partial charge is 0.481 e. The van der Waals surface area contributed by atoms with E-state index >= 15 is 0 Å². The highest BCUT2D eigenvalue weighted by Crippen LogP contribution is 2.27. The van der Waals surface area contributed by atoms with Gasteiger partial charge in [-0.05, 0) is 30.3 Å². The highest BCUT2D eigenvalue weighted by molar-refractivity contribution is 9.10. The Morgan fingerprint density at radius 2 is 1.85 bits per heavy atom. The molecule has 3 rings (SSSR count). The van der Waals surface area contributed by atoms with Crippen LogP contribution in [0.15, 0.2) is 46.9 Å². The third-order valence-corrected chi connectivity index (χ3v) is 4.93. The number of hydrogen-bond donors (Lipinski definition) is 1. The van der Waals surface area contributed by atoms with E-state index in [-0.39, 0.29) is 43.6 Å². The van der Waals surface area contributed by atoms with Crippen LogP contribution in [-0.2, 0) is 11.3 Å². The minimum atomic E-state index is -0.960. The molecule has 0 radical (unpaired) electrons. The van der Waals surface area contributed by atoms with E-state index in [9.17, 15) is 18.4 Å². The van der Waals surface area contributed by atoms with Crippen molar-refractivity contribution >= 4 is 33.6 Å². The van der Waals surface area contributed by atoms with Gasteiger partial charge >= 0.3 is 12.0 Å². The zero-order chi connectivity index (χ0) is 19.6. The van der Waals surface area contributed by atoms with Crippen LogP contribution < -0.4 is 4.90 Å². The molecule has 2 aromatic carbocycles. The first-order chi connectivity index (χ1) is 12.8. The molecule has 0 spiro atoms. The summed E-state index contributed by atoms with van der Waals surface area (Å²) in [5.74, 6) is -2.70. The Morgan fingerprint density at radius 3 is 2.48 bits per heavy atom. The predicted molar refractivity (Wildman–Crippen MR) is 99.4 cm³/mol. The molecule has 5 nitrogen and oxygen atoms in total. The predicted octanol–water partition coefficient (Wildman–Crippen LogP) is 4.26. The number of carbonyl (C=O) groups is 2. The number of carboxylic acids is 1. The van der Waals surface area contributed by atoms with Crippen molar-refractivity contribution in [2.45, 2.75) is 13.0 Å². The highest BCUT2D eigenvalue weighted by Gasteiger charge is 2.34. The first-order valence-corrected chi connectivity index (χ1v) is 9.10. The van der Waals surface area contributed by atoms with Gasteiger partial charge in [-0.3, -0.25) is 9.69 Å². The second-order valence-electron chi connectivity index (χ2n) is 6.45. The standard InChI is InChI=1S/C19H17BrF2N2O3/c20-14-2-5-16(6-3-14)24-10-12(7-18(25)26)9-23(19(24)27)11-13-1-4-15(21)8-17(13)22/h1-6,8,12H,7,9-11H2,(H,25,26). The Balaban J connectivity index is 1.87. The number of anilines is 1. The van der Waals surface area contributed by atoms with Gasteiger partial charge in [0.05, 0.1) is 13.0 Å². The number of aliphatic carboxylic acids is 1. The molecule has 1 saturated heterocycles. The van der Waals surface area contributed by atoms with E-state index in [1.807, 2.05) is 0 Å². The average molecular weight is 439 g/mol. The van der Waals surface area contributed by atoms with Crippen molar-refractivity contribution in [2.24, 2.45) is 5.92 Å². The molecule has 0 aliphatic carbocycles. The maximum atomic E-state index is 14.0. The van der Waals surface area contributed by atoms with E-state index in [1.165, 1.54) is 15.9 Å². The molecule has 1 aliphatic heterocycles. The summed E-state index contributed by atoms with van der Waals surface area (Å²) in [4.78, 5) is 27.0.